The van der Waals surface area contributed by atoms with Crippen LogP contribution in [0, 0.1) is 0 Å². The fourth-order valence-electron chi connectivity index (χ4n) is 0. The SMILES string of the molecule is NC(N)(N)C(N)(N)O. The Labute approximate surface area is 46.6 Å². The van der Waals surface area contributed by atoms with E-state index in [0.29, 0.717) is 0 Å². The average molecular weight is 121 g/mol. The molecule has 50 valence electrons. The first kappa shape index (κ1) is 7.76. The molecule has 0 aromatic rings. The van der Waals surface area contributed by atoms with Crippen molar-refractivity contribution in [3.8, 4) is 0 Å². The van der Waals surface area contributed by atoms with Crippen LogP contribution >= 0.6 is 0 Å². The van der Waals surface area contributed by atoms with Gasteiger partial charge in [-0.15, -0.1) is 0 Å². The topological polar surface area (TPSA) is 150 Å². The van der Waals surface area contributed by atoms with Gasteiger partial charge < -0.3 is 5.11 Å². The highest BCUT2D eigenvalue weighted by Gasteiger charge is 2.34. The standard InChI is InChI=1S/C2H11N5O/c3-1(4,5)2(6,7)8/h8H,3-7H2. The Hall–Kier alpha value is -0.240. The van der Waals surface area contributed by atoms with Crippen LogP contribution in [0.5, 0.6) is 0 Å². The Bertz CT molecular complexity index is 65.4. The van der Waals surface area contributed by atoms with Crippen molar-refractivity contribution in [1.29, 1.82) is 0 Å². The van der Waals surface area contributed by atoms with Crippen LogP contribution in [0.15, 0.2) is 0 Å². The molecule has 0 bridgehead atoms. The minimum absolute atomic E-state index is 1.95. The van der Waals surface area contributed by atoms with Crippen LogP contribution in [0.2, 0.25) is 0 Å². The Kier molecular flexibility index (Phi) is 1.57. The first-order chi connectivity index (χ1) is 3.25. The molecule has 0 aromatic carbocycles. The predicted octanol–water partition coefficient (Wildman–Crippen LogP) is -3.92. The van der Waals surface area contributed by atoms with E-state index in [1.165, 1.54) is 0 Å². The maximum Gasteiger partial charge on any atom is 0.213 e. The van der Waals surface area contributed by atoms with Crippen molar-refractivity contribution in [3.05, 3.63) is 0 Å². The van der Waals surface area contributed by atoms with Crippen LogP contribution in [0.4, 0.5) is 0 Å². The molecule has 0 aliphatic rings. The lowest BCUT2D eigenvalue weighted by Gasteiger charge is -2.30. The molecule has 0 saturated carbocycles. The lowest BCUT2D eigenvalue weighted by Crippen LogP contribution is -2.80. The van der Waals surface area contributed by atoms with Gasteiger partial charge in [0.15, 0.2) is 5.79 Å². The summed E-state index contributed by atoms with van der Waals surface area (Å²) < 4.78 is 0. The van der Waals surface area contributed by atoms with E-state index in [2.05, 4.69) is 0 Å². The molecule has 0 radical (unpaired) electrons. The van der Waals surface area contributed by atoms with E-state index in [1.54, 1.807) is 0 Å². The highest BCUT2D eigenvalue weighted by molar-refractivity contribution is 4.83. The molecule has 0 fully saturated rings. The van der Waals surface area contributed by atoms with Crippen LogP contribution in [0.1, 0.15) is 0 Å². The summed E-state index contributed by atoms with van der Waals surface area (Å²) in [5.41, 5.74) is 24.1. The summed E-state index contributed by atoms with van der Waals surface area (Å²) in [7, 11) is 0. The zero-order chi connectivity index (χ0) is 7.00. The largest absolute Gasteiger partial charge is 0.360 e. The van der Waals surface area contributed by atoms with E-state index < -0.39 is 11.6 Å². The number of rotatable bonds is 1. The van der Waals surface area contributed by atoms with Gasteiger partial charge in [0.25, 0.3) is 0 Å². The molecule has 0 aliphatic carbocycles. The monoisotopic (exact) mass is 121 g/mol. The van der Waals surface area contributed by atoms with Crippen molar-refractivity contribution < 1.29 is 5.11 Å². The van der Waals surface area contributed by atoms with E-state index in [4.69, 9.17) is 33.8 Å². The fraction of sp³-hybridized carbons (Fsp3) is 1.00. The van der Waals surface area contributed by atoms with E-state index >= 15 is 0 Å². The van der Waals surface area contributed by atoms with Crippen LogP contribution in [-0.2, 0) is 0 Å². The van der Waals surface area contributed by atoms with E-state index in [-0.39, 0.29) is 0 Å². The summed E-state index contributed by atoms with van der Waals surface area (Å²) in [5, 5.41) is 8.53. The molecular formula is C2H11N5O. The van der Waals surface area contributed by atoms with E-state index in [1.807, 2.05) is 0 Å². The van der Waals surface area contributed by atoms with Crippen LogP contribution < -0.4 is 28.7 Å². The molecule has 0 rings (SSSR count). The molecule has 0 aromatic heterocycles. The molecule has 11 N–H and O–H groups in total. The second kappa shape index (κ2) is 1.62. The highest BCUT2D eigenvalue weighted by Crippen LogP contribution is 1.89. The summed E-state index contributed by atoms with van der Waals surface area (Å²) >= 11 is 0. The zero-order valence-corrected chi connectivity index (χ0v) is 4.33. The number of aliphatic hydroxyl groups is 1. The summed E-state index contributed by atoms with van der Waals surface area (Å²) in [4.78, 5) is 0. The van der Waals surface area contributed by atoms with Gasteiger partial charge in [0.1, 0.15) is 0 Å². The molecular weight excluding hydrogens is 110 g/mol. The Morgan fingerprint density at radius 2 is 1.00 bits per heavy atom. The lowest BCUT2D eigenvalue weighted by molar-refractivity contribution is -0.0208. The van der Waals surface area contributed by atoms with Crippen molar-refractivity contribution in [2.45, 2.75) is 11.6 Å². The Morgan fingerprint density at radius 1 is 0.875 bits per heavy atom. The molecule has 0 heterocycles. The molecule has 0 saturated heterocycles. The first-order valence-corrected chi connectivity index (χ1v) is 1.92. The minimum Gasteiger partial charge on any atom is -0.360 e. The zero-order valence-electron chi connectivity index (χ0n) is 4.33. The summed E-state index contributed by atoms with van der Waals surface area (Å²) in [6, 6.07) is 0. The smallest absolute Gasteiger partial charge is 0.213 e. The normalized spacial score (nSPS) is 14.2. The van der Waals surface area contributed by atoms with Crippen LogP contribution in [-0.4, -0.2) is 16.7 Å². The third-order valence-corrected chi connectivity index (χ3v) is 0.694. The molecule has 0 spiro atoms. The van der Waals surface area contributed by atoms with E-state index in [9.17, 15) is 0 Å². The maximum absolute atomic E-state index is 8.53. The van der Waals surface area contributed by atoms with Gasteiger partial charge >= 0.3 is 0 Å². The Morgan fingerprint density at radius 3 is 1.00 bits per heavy atom. The third-order valence-electron chi connectivity index (χ3n) is 0.694. The predicted molar refractivity (Wildman–Crippen MR) is 28.6 cm³/mol. The van der Waals surface area contributed by atoms with Crippen LogP contribution in [0.25, 0.3) is 0 Å². The van der Waals surface area contributed by atoms with Crippen LogP contribution in [0.3, 0.4) is 0 Å². The summed E-state index contributed by atoms with van der Waals surface area (Å²) in [6.45, 7) is 0. The van der Waals surface area contributed by atoms with Crippen molar-refractivity contribution >= 4 is 0 Å². The van der Waals surface area contributed by atoms with Crippen molar-refractivity contribution in [2.75, 3.05) is 0 Å². The second-order valence-corrected chi connectivity index (χ2v) is 1.76. The van der Waals surface area contributed by atoms with Crippen molar-refractivity contribution in [2.24, 2.45) is 28.7 Å². The third kappa shape index (κ3) is 1.70. The van der Waals surface area contributed by atoms with Gasteiger partial charge in [-0.1, -0.05) is 0 Å². The van der Waals surface area contributed by atoms with Gasteiger partial charge in [-0.3, -0.25) is 28.7 Å². The fourth-order valence-corrected chi connectivity index (χ4v) is 0. The van der Waals surface area contributed by atoms with Crippen molar-refractivity contribution in [3.63, 3.8) is 0 Å². The number of nitrogens with two attached hydrogens (primary N) is 5. The van der Waals surface area contributed by atoms with E-state index in [0.717, 1.165) is 0 Å². The van der Waals surface area contributed by atoms with Gasteiger partial charge in [0, 0.05) is 0 Å². The first-order valence-electron chi connectivity index (χ1n) is 1.92. The average Bonchev–Trinajstić information content (AvgIpc) is 1.25. The summed E-state index contributed by atoms with van der Waals surface area (Å²) in [6.07, 6.45) is 0. The minimum atomic E-state index is -2.23. The molecule has 6 nitrogen and oxygen atoms in total. The van der Waals surface area contributed by atoms with Gasteiger partial charge in [-0.05, 0) is 0 Å². The molecule has 0 amide bonds. The number of hydrogen-bond acceptors (Lipinski definition) is 6. The molecule has 0 atom stereocenters. The van der Waals surface area contributed by atoms with Crippen molar-refractivity contribution in [1.82, 2.24) is 0 Å². The van der Waals surface area contributed by atoms with Gasteiger partial charge in [0.05, 0.1) is 0 Å². The number of hydrogen-bond donors (Lipinski definition) is 6. The maximum atomic E-state index is 8.53. The Balaban J connectivity index is 4.02. The molecule has 0 aliphatic heterocycles. The lowest BCUT2D eigenvalue weighted by atomic mass is 10.3. The van der Waals surface area contributed by atoms with Gasteiger partial charge in [-0.2, -0.15) is 0 Å². The second-order valence-electron chi connectivity index (χ2n) is 1.76. The molecule has 6 heteroatoms. The molecule has 0 unspecified atom stereocenters. The highest BCUT2D eigenvalue weighted by atomic mass is 16.3. The quantitative estimate of drug-likeness (QED) is 0.195. The van der Waals surface area contributed by atoms with Gasteiger partial charge in [0.2, 0.25) is 5.85 Å². The summed E-state index contributed by atoms with van der Waals surface area (Å²) in [5.74, 6) is -4.18. The molecule has 8 heavy (non-hydrogen) atoms. The van der Waals surface area contributed by atoms with Gasteiger partial charge in [-0.25, -0.2) is 0 Å².